The van der Waals surface area contributed by atoms with Crippen LogP contribution in [0.2, 0.25) is 0 Å². The summed E-state index contributed by atoms with van der Waals surface area (Å²) in [6.07, 6.45) is 1.43. The molecule has 0 aliphatic rings. The molecule has 7 heteroatoms. The van der Waals surface area contributed by atoms with Crippen molar-refractivity contribution in [2.24, 2.45) is 0 Å². The van der Waals surface area contributed by atoms with Crippen molar-refractivity contribution in [1.29, 1.82) is 0 Å². The van der Waals surface area contributed by atoms with Gasteiger partial charge in [-0.2, -0.15) is 0 Å². The fourth-order valence-corrected chi connectivity index (χ4v) is 1.60. The molecule has 1 aromatic carbocycles. The molecule has 0 aliphatic heterocycles. The van der Waals surface area contributed by atoms with E-state index in [1.807, 2.05) is 0 Å². The van der Waals surface area contributed by atoms with Crippen molar-refractivity contribution < 1.29 is 29.3 Å². The van der Waals surface area contributed by atoms with Crippen LogP contribution in [0.3, 0.4) is 0 Å². The van der Waals surface area contributed by atoms with E-state index in [2.05, 4.69) is 4.98 Å². The largest absolute Gasteiger partial charge is 0.478 e. The number of hydrogen-bond donors (Lipinski definition) is 2. The van der Waals surface area contributed by atoms with Gasteiger partial charge in [-0.3, -0.25) is 0 Å². The number of carbonyl (C=O) groups excluding carboxylic acids is 1. The van der Waals surface area contributed by atoms with Gasteiger partial charge in [0, 0.05) is 12.3 Å². The lowest BCUT2D eigenvalue weighted by Gasteiger charge is -2.06. The number of carboxylic acids is 2. The van der Waals surface area contributed by atoms with Crippen molar-refractivity contribution >= 4 is 17.9 Å². The van der Waals surface area contributed by atoms with Gasteiger partial charge in [-0.1, -0.05) is 6.07 Å². The molecule has 0 spiro atoms. The summed E-state index contributed by atoms with van der Waals surface area (Å²) < 4.78 is 4.95. The number of pyridine rings is 1. The number of carbonyl (C=O) groups is 3. The molecule has 0 unspecified atom stereocenters. The first kappa shape index (κ1) is 14.2. The van der Waals surface area contributed by atoms with E-state index in [-0.39, 0.29) is 11.4 Å². The molecule has 2 aromatic rings. The third-order valence-electron chi connectivity index (χ3n) is 2.55. The van der Waals surface area contributed by atoms with E-state index in [1.54, 1.807) is 12.1 Å². The normalized spacial score (nSPS) is 9.90. The van der Waals surface area contributed by atoms with Gasteiger partial charge < -0.3 is 14.9 Å². The van der Waals surface area contributed by atoms with Crippen molar-refractivity contribution in [3.63, 3.8) is 0 Å². The van der Waals surface area contributed by atoms with Gasteiger partial charge in [0.2, 0.25) is 5.88 Å². The maximum absolute atomic E-state index is 11.9. The van der Waals surface area contributed by atoms with Gasteiger partial charge in [0.25, 0.3) is 0 Å². The summed E-state index contributed by atoms with van der Waals surface area (Å²) in [7, 11) is 0. The smallest absolute Gasteiger partial charge is 0.344 e. The lowest BCUT2D eigenvalue weighted by Crippen LogP contribution is -2.13. The molecule has 0 saturated heterocycles. The predicted molar refractivity (Wildman–Crippen MR) is 69.6 cm³/mol. The highest BCUT2D eigenvalue weighted by molar-refractivity contribution is 6.04. The Balaban J connectivity index is 2.32. The Kier molecular flexibility index (Phi) is 3.94. The van der Waals surface area contributed by atoms with Crippen molar-refractivity contribution in [3.05, 3.63) is 59.3 Å². The van der Waals surface area contributed by atoms with Crippen LogP contribution >= 0.6 is 0 Å². The molecule has 0 fully saturated rings. The van der Waals surface area contributed by atoms with Crippen LogP contribution in [0.4, 0.5) is 0 Å². The minimum absolute atomic E-state index is 0.0571. The summed E-state index contributed by atoms with van der Waals surface area (Å²) in [5.74, 6) is -3.60. The van der Waals surface area contributed by atoms with Crippen molar-refractivity contribution in [3.8, 4) is 5.88 Å². The van der Waals surface area contributed by atoms with Crippen LogP contribution in [0.1, 0.15) is 31.1 Å². The minimum Gasteiger partial charge on any atom is -0.478 e. The standard InChI is InChI=1S/C14H9NO6/c16-12(17)9-5-4-8(7-10(9)13(18)19)14(20)21-11-3-1-2-6-15-11/h1-7H,(H,16,17)(H,18,19). The number of esters is 1. The van der Waals surface area contributed by atoms with E-state index in [0.29, 0.717) is 0 Å². The second-order valence-electron chi connectivity index (χ2n) is 3.93. The van der Waals surface area contributed by atoms with E-state index < -0.39 is 29.0 Å². The SMILES string of the molecule is O=C(Oc1ccccn1)c1ccc(C(=O)O)c(C(=O)O)c1. The zero-order chi connectivity index (χ0) is 15.4. The second-order valence-corrected chi connectivity index (χ2v) is 3.93. The zero-order valence-electron chi connectivity index (χ0n) is 10.5. The highest BCUT2D eigenvalue weighted by Gasteiger charge is 2.19. The van der Waals surface area contributed by atoms with Crippen LogP contribution < -0.4 is 4.74 Å². The van der Waals surface area contributed by atoms with E-state index in [0.717, 1.165) is 12.1 Å². The van der Waals surface area contributed by atoms with Crippen LogP contribution in [0, 0.1) is 0 Å². The summed E-state index contributed by atoms with van der Waals surface area (Å²) in [6, 6.07) is 7.90. The number of aromatic nitrogens is 1. The average Bonchev–Trinajstić information content (AvgIpc) is 2.47. The topological polar surface area (TPSA) is 114 Å². The summed E-state index contributed by atoms with van der Waals surface area (Å²) in [6.45, 7) is 0. The summed E-state index contributed by atoms with van der Waals surface area (Å²) in [5.41, 5.74) is -0.974. The molecule has 0 radical (unpaired) electrons. The summed E-state index contributed by atoms with van der Waals surface area (Å²) in [5, 5.41) is 17.9. The van der Waals surface area contributed by atoms with Gasteiger partial charge in [-0.15, -0.1) is 0 Å². The highest BCUT2D eigenvalue weighted by atomic mass is 16.5. The van der Waals surface area contributed by atoms with Crippen LogP contribution in [0.25, 0.3) is 0 Å². The molecule has 0 amide bonds. The molecule has 106 valence electrons. The molecule has 0 bridgehead atoms. The maximum atomic E-state index is 11.9. The number of aromatic carboxylic acids is 2. The van der Waals surface area contributed by atoms with Crippen LogP contribution in [-0.4, -0.2) is 33.1 Å². The Labute approximate surface area is 118 Å². The molecular formula is C14H9NO6. The molecule has 0 atom stereocenters. The first-order valence-corrected chi connectivity index (χ1v) is 5.73. The van der Waals surface area contributed by atoms with E-state index in [9.17, 15) is 14.4 Å². The van der Waals surface area contributed by atoms with Crippen molar-refractivity contribution in [2.45, 2.75) is 0 Å². The second kappa shape index (κ2) is 5.83. The van der Waals surface area contributed by atoms with E-state index in [1.165, 1.54) is 18.3 Å². The Morgan fingerprint density at radius 1 is 0.952 bits per heavy atom. The van der Waals surface area contributed by atoms with Gasteiger partial charge >= 0.3 is 17.9 Å². The van der Waals surface area contributed by atoms with E-state index >= 15 is 0 Å². The number of nitrogens with zero attached hydrogens (tertiary/aromatic N) is 1. The van der Waals surface area contributed by atoms with Gasteiger partial charge in [-0.25, -0.2) is 19.4 Å². The monoisotopic (exact) mass is 287 g/mol. The van der Waals surface area contributed by atoms with E-state index in [4.69, 9.17) is 14.9 Å². The highest BCUT2D eigenvalue weighted by Crippen LogP contribution is 2.15. The minimum atomic E-state index is -1.44. The third-order valence-corrected chi connectivity index (χ3v) is 2.55. The molecule has 1 heterocycles. The van der Waals surface area contributed by atoms with Crippen LogP contribution in [0.15, 0.2) is 42.6 Å². The molecule has 2 rings (SSSR count). The molecule has 0 saturated carbocycles. The fourth-order valence-electron chi connectivity index (χ4n) is 1.60. The summed E-state index contributed by atoms with van der Waals surface area (Å²) >= 11 is 0. The average molecular weight is 287 g/mol. The molecule has 1 aromatic heterocycles. The third kappa shape index (κ3) is 3.21. The van der Waals surface area contributed by atoms with Crippen LogP contribution in [0.5, 0.6) is 5.88 Å². The Morgan fingerprint density at radius 2 is 1.67 bits per heavy atom. The molecule has 2 N–H and O–H groups in total. The fraction of sp³-hybridized carbons (Fsp3) is 0. The number of ether oxygens (including phenoxy) is 1. The first-order valence-electron chi connectivity index (χ1n) is 5.73. The number of carboxylic acid groups (broad SMARTS) is 2. The Morgan fingerprint density at radius 3 is 2.24 bits per heavy atom. The van der Waals surface area contributed by atoms with Crippen molar-refractivity contribution in [2.75, 3.05) is 0 Å². The number of benzene rings is 1. The van der Waals surface area contributed by atoms with Crippen LogP contribution in [-0.2, 0) is 0 Å². The van der Waals surface area contributed by atoms with Gasteiger partial charge in [-0.05, 0) is 24.3 Å². The first-order chi connectivity index (χ1) is 9.99. The number of hydrogen-bond acceptors (Lipinski definition) is 5. The zero-order valence-corrected chi connectivity index (χ0v) is 10.5. The number of rotatable bonds is 4. The van der Waals surface area contributed by atoms with Gasteiger partial charge in [0.05, 0.1) is 16.7 Å². The Bertz CT molecular complexity index is 711. The Hall–Kier alpha value is -3.22. The molecule has 7 nitrogen and oxygen atoms in total. The van der Waals surface area contributed by atoms with Crippen molar-refractivity contribution in [1.82, 2.24) is 4.98 Å². The lowest BCUT2D eigenvalue weighted by atomic mass is 10.0. The summed E-state index contributed by atoms with van der Waals surface area (Å²) in [4.78, 5) is 37.6. The molecule has 0 aliphatic carbocycles. The van der Waals surface area contributed by atoms with Gasteiger partial charge in [0.15, 0.2) is 0 Å². The van der Waals surface area contributed by atoms with Gasteiger partial charge in [0.1, 0.15) is 0 Å². The lowest BCUT2D eigenvalue weighted by molar-refractivity contribution is 0.0650. The maximum Gasteiger partial charge on any atom is 0.344 e. The molecular weight excluding hydrogens is 278 g/mol. The predicted octanol–water partition coefficient (Wildman–Crippen LogP) is 1.70. The molecule has 21 heavy (non-hydrogen) atoms. The quantitative estimate of drug-likeness (QED) is 0.822.